The van der Waals surface area contributed by atoms with Crippen molar-refractivity contribution in [3.63, 3.8) is 0 Å². The SMILES string of the molecule is CC1(C(=O)NCC(NC(=O)CCc2cn[nH]n2)c2ccccc2)CC1. The van der Waals surface area contributed by atoms with Gasteiger partial charge >= 0.3 is 0 Å². The molecular formula is C18H23N5O2. The van der Waals surface area contributed by atoms with Crippen LogP contribution >= 0.6 is 0 Å². The first-order chi connectivity index (χ1) is 12.1. The number of nitrogens with zero attached hydrogens (tertiary/aromatic N) is 2. The lowest BCUT2D eigenvalue weighted by molar-refractivity contribution is -0.126. The van der Waals surface area contributed by atoms with E-state index in [4.69, 9.17) is 0 Å². The molecule has 0 spiro atoms. The lowest BCUT2D eigenvalue weighted by Gasteiger charge is -2.21. The largest absolute Gasteiger partial charge is 0.353 e. The standard InChI is InChI=1S/C18H23N5O2/c1-18(9-10-18)17(25)19-12-15(13-5-3-2-4-6-13)21-16(24)8-7-14-11-20-23-22-14/h2-6,11,15H,7-10,12H2,1H3,(H,19,25)(H,21,24)(H,20,22,23). The van der Waals surface area contributed by atoms with E-state index in [-0.39, 0.29) is 23.3 Å². The topological polar surface area (TPSA) is 99.8 Å². The Hall–Kier alpha value is -2.70. The van der Waals surface area contributed by atoms with Crippen LogP contribution in [0.3, 0.4) is 0 Å². The zero-order chi connectivity index (χ0) is 17.7. The van der Waals surface area contributed by atoms with Crippen molar-refractivity contribution < 1.29 is 9.59 Å². The molecule has 1 aromatic heterocycles. The Balaban J connectivity index is 1.57. The average Bonchev–Trinajstić information content (AvgIpc) is 3.17. The number of amides is 2. The highest BCUT2D eigenvalue weighted by molar-refractivity contribution is 5.84. The van der Waals surface area contributed by atoms with Gasteiger partial charge in [0.25, 0.3) is 0 Å². The summed E-state index contributed by atoms with van der Waals surface area (Å²) in [5, 5.41) is 16.2. The van der Waals surface area contributed by atoms with E-state index in [1.54, 1.807) is 6.20 Å². The lowest BCUT2D eigenvalue weighted by Crippen LogP contribution is -2.40. The molecular weight excluding hydrogens is 318 g/mol. The van der Waals surface area contributed by atoms with E-state index in [0.29, 0.717) is 19.4 Å². The van der Waals surface area contributed by atoms with Gasteiger partial charge in [0.1, 0.15) is 0 Å². The highest BCUT2D eigenvalue weighted by Crippen LogP contribution is 2.45. The number of nitrogens with one attached hydrogen (secondary N) is 3. The van der Waals surface area contributed by atoms with Gasteiger partial charge in [-0.15, -0.1) is 0 Å². The van der Waals surface area contributed by atoms with Crippen molar-refractivity contribution in [1.29, 1.82) is 0 Å². The van der Waals surface area contributed by atoms with Gasteiger partial charge in [0.05, 0.1) is 17.9 Å². The molecule has 0 bridgehead atoms. The Kier molecular flexibility index (Phi) is 5.11. The molecule has 7 heteroatoms. The third-order valence-corrected chi connectivity index (χ3v) is 4.63. The second-order valence-corrected chi connectivity index (χ2v) is 6.76. The van der Waals surface area contributed by atoms with Crippen LogP contribution in [0.1, 0.15) is 43.5 Å². The molecule has 0 aliphatic heterocycles. The van der Waals surface area contributed by atoms with Gasteiger partial charge in [0.2, 0.25) is 11.8 Å². The molecule has 1 saturated carbocycles. The van der Waals surface area contributed by atoms with Gasteiger partial charge in [-0.1, -0.05) is 37.3 Å². The van der Waals surface area contributed by atoms with Crippen molar-refractivity contribution in [3.05, 3.63) is 47.8 Å². The first kappa shape index (κ1) is 17.1. The fourth-order valence-corrected chi connectivity index (χ4v) is 2.61. The second-order valence-electron chi connectivity index (χ2n) is 6.76. The van der Waals surface area contributed by atoms with E-state index < -0.39 is 0 Å². The quantitative estimate of drug-likeness (QED) is 0.677. The van der Waals surface area contributed by atoms with Gasteiger partial charge in [-0.05, 0) is 18.4 Å². The third-order valence-electron chi connectivity index (χ3n) is 4.63. The van der Waals surface area contributed by atoms with Crippen LogP contribution in [-0.4, -0.2) is 33.8 Å². The predicted molar refractivity (Wildman–Crippen MR) is 92.4 cm³/mol. The fourth-order valence-electron chi connectivity index (χ4n) is 2.61. The Morgan fingerprint density at radius 1 is 1.28 bits per heavy atom. The van der Waals surface area contributed by atoms with Gasteiger partial charge in [-0.2, -0.15) is 15.4 Å². The zero-order valence-corrected chi connectivity index (χ0v) is 14.3. The number of rotatable bonds is 8. The number of hydrogen-bond donors (Lipinski definition) is 3. The van der Waals surface area contributed by atoms with Gasteiger partial charge in [0, 0.05) is 24.8 Å². The van der Waals surface area contributed by atoms with Crippen LogP contribution in [0.5, 0.6) is 0 Å². The number of aromatic nitrogens is 3. The zero-order valence-electron chi connectivity index (χ0n) is 14.3. The number of carbonyl (C=O) groups excluding carboxylic acids is 2. The summed E-state index contributed by atoms with van der Waals surface area (Å²) < 4.78 is 0. The number of carbonyl (C=O) groups is 2. The lowest BCUT2D eigenvalue weighted by atomic mass is 10.1. The summed E-state index contributed by atoms with van der Waals surface area (Å²) in [6.45, 7) is 2.35. The molecule has 132 valence electrons. The predicted octanol–water partition coefficient (Wildman–Crippen LogP) is 1.51. The van der Waals surface area contributed by atoms with E-state index >= 15 is 0 Å². The summed E-state index contributed by atoms with van der Waals surface area (Å²) in [6, 6.07) is 9.43. The summed E-state index contributed by atoms with van der Waals surface area (Å²) in [4.78, 5) is 24.5. The summed E-state index contributed by atoms with van der Waals surface area (Å²) in [5.74, 6) is -0.0194. The Morgan fingerprint density at radius 2 is 2.04 bits per heavy atom. The molecule has 0 radical (unpaired) electrons. The maximum atomic E-state index is 12.3. The van der Waals surface area contributed by atoms with Crippen molar-refractivity contribution in [3.8, 4) is 0 Å². The Morgan fingerprint density at radius 3 is 2.68 bits per heavy atom. The minimum absolute atomic E-state index is 0.0604. The molecule has 7 nitrogen and oxygen atoms in total. The van der Waals surface area contributed by atoms with Crippen LogP contribution < -0.4 is 10.6 Å². The minimum atomic E-state index is -0.252. The van der Waals surface area contributed by atoms with Crippen LogP contribution in [0.15, 0.2) is 36.5 Å². The number of benzene rings is 1. The highest BCUT2D eigenvalue weighted by Gasteiger charge is 2.44. The maximum absolute atomic E-state index is 12.3. The van der Waals surface area contributed by atoms with E-state index in [9.17, 15) is 9.59 Å². The molecule has 3 N–H and O–H groups in total. The molecule has 1 aliphatic rings. The van der Waals surface area contributed by atoms with Crippen molar-refractivity contribution in [2.24, 2.45) is 5.41 Å². The van der Waals surface area contributed by atoms with E-state index in [0.717, 1.165) is 24.1 Å². The molecule has 1 aromatic carbocycles. The molecule has 2 amide bonds. The molecule has 1 atom stereocenters. The van der Waals surface area contributed by atoms with E-state index in [1.165, 1.54) is 0 Å². The van der Waals surface area contributed by atoms with Crippen LogP contribution in [0, 0.1) is 5.41 Å². The maximum Gasteiger partial charge on any atom is 0.226 e. The van der Waals surface area contributed by atoms with Crippen molar-refractivity contribution >= 4 is 11.8 Å². The first-order valence-electron chi connectivity index (χ1n) is 8.54. The Labute approximate surface area is 146 Å². The number of hydrogen-bond acceptors (Lipinski definition) is 4. The van der Waals surface area contributed by atoms with Gasteiger partial charge in [0.15, 0.2) is 0 Å². The molecule has 25 heavy (non-hydrogen) atoms. The van der Waals surface area contributed by atoms with Crippen LogP contribution in [0.4, 0.5) is 0 Å². The molecule has 1 unspecified atom stereocenters. The number of H-pyrrole nitrogens is 1. The fraction of sp³-hybridized carbons (Fsp3) is 0.444. The summed E-state index contributed by atoms with van der Waals surface area (Å²) >= 11 is 0. The van der Waals surface area contributed by atoms with Crippen LogP contribution in [0.25, 0.3) is 0 Å². The van der Waals surface area contributed by atoms with Crippen molar-refractivity contribution in [1.82, 2.24) is 26.0 Å². The third kappa shape index (κ3) is 4.65. The van der Waals surface area contributed by atoms with Crippen LogP contribution in [0.2, 0.25) is 0 Å². The molecule has 0 saturated heterocycles. The summed E-state index contributed by atoms with van der Waals surface area (Å²) in [7, 11) is 0. The molecule has 1 heterocycles. The number of aromatic amines is 1. The first-order valence-corrected chi connectivity index (χ1v) is 8.54. The van der Waals surface area contributed by atoms with Gasteiger partial charge < -0.3 is 10.6 Å². The molecule has 3 rings (SSSR count). The van der Waals surface area contributed by atoms with Crippen LogP contribution in [-0.2, 0) is 16.0 Å². The van der Waals surface area contributed by atoms with Gasteiger partial charge in [-0.25, -0.2) is 0 Å². The minimum Gasteiger partial charge on any atom is -0.353 e. The monoisotopic (exact) mass is 341 g/mol. The average molecular weight is 341 g/mol. The smallest absolute Gasteiger partial charge is 0.226 e. The molecule has 1 aliphatic carbocycles. The Bertz CT molecular complexity index is 710. The van der Waals surface area contributed by atoms with E-state index in [1.807, 2.05) is 37.3 Å². The molecule has 1 fully saturated rings. The highest BCUT2D eigenvalue weighted by atomic mass is 16.2. The summed E-state index contributed by atoms with van der Waals surface area (Å²) in [5.41, 5.74) is 1.50. The van der Waals surface area contributed by atoms with Crippen molar-refractivity contribution in [2.75, 3.05) is 6.54 Å². The number of aryl methyl sites for hydroxylation is 1. The second kappa shape index (κ2) is 7.46. The normalized spacial score (nSPS) is 16.0. The molecule has 2 aromatic rings. The van der Waals surface area contributed by atoms with E-state index in [2.05, 4.69) is 26.0 Å². The van der Waals surface area contributed by atoms with Gasteiger partial charge in [-0.3, -0.25) is 9.59 Å². The van der Waals surface area contributed by atoms with Crippen molar-refractivity contribution in [2.45, 2.75) is 38.6 Å². The summed E-state index contributed by atoms with van der Waals surface area (Å²) in [6.07, 6.45) is 4.31.